The molecule has 1 heterocycles. The van der Waals surface area contributed by atoms with Gasteiger partial charge in [-0.15, -0.1) is 0 Å². The number of nitrogen functional groups attached to an aromatic ring is 1. The Morgan fingerprint density at radius 1 is 1.25 bits per heavy atom. The highest BCUT2D eigenvalue weighted by Crippen LogP contribution is 2.11. The number of carbonyl (C=O) groups excluding carboxylic acids is 1. The third-order valence-electron chi connectivity index (χ3n) is 3.80. The van der Waals surface area contributed by atoms with Crippen LogP contribution in [0.15, 0.2) is 24.3 Å². The fraction of sp³-hybridized carbons (Fsp3) is 0.562. The molecule has 1 aromatic rings. The number of hydrogen-bond donors (Lipinski definition) is 2. The van der Waals surface area contributed by atoms with Crippen molar-refractivity contribution in [1.29, 1.82) is 0 Å². The highest BCUT2D eigenvalue weighted by Gasteiger charge is 2.14. The summed E-state index contributed by atoms with van der Waals surface area (Å²) < 4.78 is 0. The lowest BCUT2D eigenvalue weighted by molar-refractivity contribution is 0.0942. The molecule has 1 fully saturated rings. The first-order chi connectivity index (χ1) is 9.65. The number of hydrogen-bond acceptors (Lipinski definition) is 3. The third kappa shape index (κ3) is 4.53. The normalized spacial score (nSPS) is 17.6. The summed E-state index contributed by atoms with van der Waals surface area (Å²) >= 11 is 0. The number of benzene rings is 1. The molecular formula is C16H25N3O. The Morgan fingerprint density at radius 2 is 1.90 bits per heavy atom. The van der Waals surface area contributed by atoms with E-state index in [2.05, 4.69) is 17.1 Å². The molecule has 1 aliphatic rings. The van der Waals surface area contributed by atoms with E-state index in [1.165, 1.54) is 32.4 Å². The van der Waals surface area contributed by atoms with Gasteiger partial charge in [-0.1, -0.05) is 13.3 Å². The standard InChI is InChI=1S/C16H25N3O/c1-13(12-19-9-3-2-4-10-19)11-18-16(20)14-5-7-15(17)8-6-14/h5-8,13H,2-4,9-12,17H2,1H3,(H,18,20). The van der Waals surface area contributed by atoms with Gasteiger partial charge in [0.1, 0.15) is 0 Å². The monoisotopic (exact) mass is 275 g/mol. The summed E-state index contributed by atoms with van der Waals surface area (Å²) in [5.41, 5.74) is 6.97. The van der Waals surface area contributed by atoms with Crippen molar-refractivity contribution in [1.82, 2.24) is 10.2 Å². The van der Waals surface area contributed by atoms with Gasteiger partial charge in [0.25, 0.3) is 5.91 Å². The molecule has 1 amide bonds. The van der Waals surface area contributed by atoms with Crippen LogP contribution in [0.25, 0.3) is 0 Å². The van der Waals surface area contributed by atoms with Crippen LogP contribution in [0.2, 0.25) is 0 Å². The van der Waals surface area contributed by atoms with Gasteiger partial charge in [-0.05, 0) is 56.1 Å². The van der Waals surface area contributed by atoms with Gasteiger partial charge in [0, 0.05) is 24.3 Å². The van der Waals surface area contributed by atoms with Gasteiger partial charge in [-0.25, -0.2) is 0 Å². The Labute approximate surface area is 121 Å². The highest BCUT2D eigenvalue weighted by atomic mass is 16.1. The quantitative estimate of drug-likeness (QED) is 0.809. The molecule has 2 rings (SSSR count). The van der Waals surface area contributed by atoms with Crippen LogP contribution in [-0.2, 0) is 0 Å². The molecule has 20 heavy (non-hydrogen) atoms. The maximum Gasteiger partial charge on any atom is 0.251 e. The van der Waals surface area contributed by atoms with Crippen LogP contribution in [0.4, 0.5) is 5.69 Å². The number of piperidine rings is 1. The lowest BCUT2D eigenvalue weighted by Gasteiger charge is -2.29. The average molecular weight is 275 g/mol. The molecule has 0 bridgehead atoms. The maximum atomic E-state index is 12.0. The molecule has 4 heteroatoms. The smallest absolute Gasteiger partial charge is 0.251 e. The minimum atomic E-state index is -0.0181. The molecule has 1 saturated heterocycles. The topological polar surface area (TPSA) is 58.4 Å². The van der Waals surface area contributed by atoms with E-state index in [1.54, 1.807) is 24.3 Å². The van der Waals surface area contributed by atoms with E-state index >= 15 is 0 Å². The summed E-state index contributed by atoms with van der Waals surface area (Å²) in [5.74, 6) is 0.460. The Morgan fingerprint density at radius 3 is 2.55 bits per heavy atom. The first-order valence-electron chi connectivity index (χ1n) is 7.51. The number of nitrogens with two attached hydrogens (primary N) is 1. The van der Waals surface area contributed by atoms with E-state index in [0.717, 1.165) is 13.1 Å². The van der Waals surface area contributed by atoms with Crippen molar-refractivity contribution in [2.45, 2.75) is 26.2 Å². The number of nitrogens with one attached hydrogen (secondary N) is 1. The summed E-state index contributed by atoms with van der Waals surface area (Å²) in [6.45, 7) is 6.39. The molecule has 0 saturated carbocycles. The minimum Gasteiger partial charge on any atom is -0.399 e. The predicted octanol–water partition coefficient (Wildman–Crippen LogP) is 2.12. The van der Waals surface area contributed by atoms with Gasteiger partial charge < -0.3 is 16.0 Å². The summed E-state index contributed by atoms with van der Waals surface area (Å²) in [6, 6.07) is 7.04. The number of likely N-dealkylation sites (tertiary alicyclic amines) is 1. The lowest BCUT2D eigenvalue weighted by atomic mass is 10.1. The highest BCUT2D eigenvalue weighted by molar-refractivity contribution is 5.94. The first kappa shape index (κ1) is 14.9. The minimum absolute atomic E-state index is 0.0181. The molecule has 1 unspecified atom stereocenters. The summed E-state index contributed by atoms with van der Waals surface area (Å²) in [6.07, 6.45) is 3.98. The van der Waals surface area contributed by atoms with Gasteiger partial charge in [0.05, 0.1) is 0 Å². The zero-order valence-corrected chi connectivity index (χ0v) is 12.3. The average Bonchev–Trinajstić information content (AvgIpc) is 2.46. The van der Waals surface area contributed by atoms with Crippen LogP contribution in [0, 0.1) is 5.92 Å². The van der Waals surface area contributed by atoms with Gasteiger partial charge >= 0.3 is 0 Å². The van der Waals surface area contributed by atoms with Crippen LogP contribution < -0.4 is 11.1 Å². The number of rotatable bonds is 5. The molecule has 0 radical (unpaired) electrons. The molecule has 0 aromatic heterocycles. The summed E-state index contributed by atoms with van der Waals surface area (Å²) in [4.78, 5) is 14.5. The van der Waals surface area contributed by atoms with Crippen LogP contribution in [0.5, 0.6) is 0 Å². The molecule has 1 atom stereocenters. The second-order valence-electron chi connectivity index (χ2n) is 5.80. The third-order valence-corrected chi connectivity index (χ3v) is 3.80. The van der Waals surface area contributed by atoms with Crippen LogP contribution in [0.3, 0.4) is 0 Å². The second kappa shape index (κ2) is 7.29. The fourth-order valence-electron chi connectivity index (χ4n) is 2.65. The molecule has 110 valence electrons. The molecule has 0 aliphatic carbocycles. The lowest BCUT2D eigenvalue weighted by Crippen LogP contribution is -2.38. The van der Waals surface area contributed by atoms with Gasteiger partial charge in [0.2, 0.25) is 0 Å². The molecular weight excluding hydrogens is 250 g/mol. The van der Waals surface area contributed by atoms with E-state index in [-0.39, 0.29) is 5.91 Å². The van der Waals surface area contributed by atoms with E-state index in [9.17, 15) is 4.79 Å². The van der Waals surface area contributed by atoms with Crippen molar-refractivity contribution in [2.24, 2.45) is 5.92 Å². The second-order valence-corrected chi connectivity index (χ2v) is 5.80. The maximum absolute atomic E-state index is 12.0. The zero-order chi connectivity index (χ0) is 14.4. The number of nitrogens with zero attached hydrogens (tertiary/aromatic N) is 1. The van der Waals surface area contributed by atoms with Gasteiger partial charge in [-0.3, -0.25) is 4.79 Å². The molecule has 1 aliphatic heterocycles. The zero-order valence-electron chi connectivity index (χ0n) is 12.3. The van der Waals surface area contributed by atoms with Crippen molar-refractivity contribution in [3.63, 3.8) is 0 Å². The van der Waals surface area contributed by atoms with Crippen LogP contribution in [0.1, 0.15) is 36.5 Å². The van der Waals surface area contributed by atoms with E-state index in [4.69, 9.17) is 5.73 Å². The molecule has 1 aromatic carbocycles. The van der Waals surface area contributed by atoms with Crippen molar-refractivity contribution < 1.29 is 4.79 Å². The van der Waals surface area contributed by atoms with Crippen molar-refractivity contribution in [3.05, 3.63) is 29.8 Å². The fourth-order valence-corrected chi connectivity index (χ4v) is 2.65. The summed E-state index contributed by atoms with van der Waals surface area (Å²) in [7, 11) is 0. The van der Waals surface area contributed by atoms with Crippen LogP contribution in [-0.4, -0.2) is 37.0 Å². The molecule has 0 spiro atoms. The molecule has 4 nitrogen and oxygen atoms in total. The van der Waals surface area contributed by atoms with Gasteiger partial charge in [-0.2, -0.15) is 0 Å². The predicted molar refractivity (Wildman–Crippen MR) is 82.6 cm³/mol. The largest absolute Gasteiger partial charge is 0.399 e. The number of amides is 1. The Balaban J connectivity index is 1.73. The van der Waals surface area contributed by atoms with Gasteiger partial charge in [0.15, 0.2) is 0 Å². The van der Waals surface area contributed by atoms with Crippen molar-refractivity contribution in [3.8, 4) is 0 Å². The van der Waals surface area contributed by atoms with Crippen molar-refractivity contribution >= 4 is 11.6 Å². The Kier molecular flexibility index (Phi) is 5.41. The number of anilines is 1. The Hall–Kier alpha value is -1.55. The summed E-state index contributed by atoms with van der Waals surface area (Å²) in [5, 5.41) is 3.00. The number of carbonyl (C=O) groups is 1. The molecule has 3 N–H and O–H groups in total. The van der Waals surface area contributed by atoms with E-state index in [0.29, 0.717) is 17.2 Å². The Bertz CT molecular complexity index is 424. The van der Waals surface area contributed by atoms with E-state index in [1.807, 2.05) is 0 Å². The first-order valence-corrected chi connectivity index (χ1v) is 7.51. The van der Waals surface area contributed by atoms with E-state index < -0.39 is 0 Å². The van der Waals surface area contributed by atoms with Crippen LogP contribution >= 0.6 is 0 Å². The SMILES string of the molecule is CC(CNC(=O)c1ccc(N)cc1)CN1CCCCC1. The van der Waals surface area contributed by atoms with Crippen molar-refractivity contribution in [2.75, 3.05) is 31.9 Å².